The normalized spacial score (nSPS) is 21.8. The zero-order valence-electron chi connectivity index (χ0n) is 34.3. The van der Waals surface area contributed by atoms with Crippen molar-refractivity contribution in [1.29, 1.82) is 0 Å². The fourth-order valence-electron chi connectivity index (χ4n) is 10.5. The molecule has 4 aromatic carbocycles. The van der Waals surface area contributed by atoms with Gasteiger partial charge in [-0.2, -0.15) is 0 Å². The molecule has 4 bridgehead atoms. The third kappa shape index (κ3) is 7.15. The molecule has 0 amide bonds. The second-order valence-electron chi connectivity index (χ2n) is 16.8. The maximum absolute atomic E-state index is 12.5. The molecule has 9 rings (SSSR count). The molecule has 2 aliphatic carbocycles. The molecule has 60 heavy (non-hydrogen) atoms. The van der Waals surface area contributed by atoms with Crippen LogP contribution < -0.4 is 25.3 Å². The Balaban J connectivity index is 1.29. The van der Waals surface area contributed by atoms with Crippen molar-refractivity contribution in [2.45, 2.75) is 75.2 Å². The van der Waals surface area contributed by atoms with Crippen LogP contribution in [0, 0.1) is 17.8 Å². The highest BCUT2D eigenvalue weighted by molar-refractivity contribution is 5.84. The Morgan fingerprint density at radius 2 is 1.83 bits per heavy atom. The minimum Gasteiger partial charge on any atom is -0.508 e. The summed E-state index contributed by atoms with van der Waals surface area (Å²) in [5.41, 5.74) is 15.7. The average molecular weight is 806 g/mol. The number of pyridine rings is 1. The third-order valence-electron chi connectivity index (χ3n) is 13.2. The standard InChI is InChI=1S/C50H51N3O7/c1-29(54)59-28-40-37-14-15-38-46-33(22-34(55)24-44(46)57-3)27-50-19-18-32(26-50)35(13-12-30-8-5-4-6-9-30)36-16-17-45(51)53-41(36)11-7-10-31-23-42(56)43(58-21-20-52-2)25-39(31)48(40)60-49(37)47(38)50/h4-6,8-9,14-17,22-25,32,35,40,48,52,55-56H,10,12-13,18-21,26-28H2,1-3H3,(H2,51,53)/t32-,35-,40+,48-,50+/m1/s1. The number of hydrogen-bond acceptors (Lipinski definition) is 10. The number of methoxy groups -OCH3 is 1. The van der Waals surface area contributed by atoms with E-state index < -0.39 is 6.10 Å². The van der Waals surface area contributed by atoms with Crippen molar-refractivity contribution >= 4 is 11.8 Å². The van der Waals surface area contributed by atoms with Gasteiger partial charge in [0.2, 0.25) is 0 Å². The van der Waals surface area contributed by atoms with Gasteiger partial charge >= 0.3 is 5.97 Å². The van der Waals surface area contributed by atoms with Gasteiger partial charge in [0.25, 0.3) is 0 Å². The van der Waals surface area contributed by atoms with E-state index in [9.17, 15) is 15.0 Å². The molecule has 5 N–H and O–H groups in total. The number of aromatic hydroxyl groups is 2. The van der Waals surface area contributed by atoms with Crippen LogP contribution in [0.2, 0.25) is 0 Å². The zero-order valence-corrected chi connectivity index (χ0v) is 34.3. The fraction of sp³-hybridized carbons (Fsp3) is 0.360. The maximum atomic E-state index is 12.5. The first kappa shape index (κ1) is 39.3. The molecule has 3 heterocycles. The van der Waals surface area contributed by atoms with E-state index in [2.05, 4.69) is 65.7 Å². The molecule has 0 saturated heterocycles. The SMILES string of the molecule is CNCCOc1cc2c(cc1O)CC#Cc1nc(N)ccc1[C@H](CCc1ccccc1)[C@@H]1CC[C@@]3(Cc4cc(O)cc(OC)c4-c4ccc5c(c43)O[C@H]2[C@H]5COC(C)=O)C1. The van der Waals surface area contributed by atoms with Crippen molar-refractivity contribution in [2.75, 3.05) is 39.6 Å². The number of nitrogens with zero attached hydrogens (tertiary/aromatic N) is 1. The number of carbonyl (C=O) groups excluding carboxylic acids is 1. The van der Waals surface area contributed by atoms with Crippen molar-refractivity contribution in [2.24, 2.45) is 5.92 Å². The van der Waals surface area contributed by atoms with Crippen LogP contribution in [0.15, 0.2) is 78.9 Å². The van der Waals surface area contributed by atoms with Crippen LogP contribution in [0.25, 0.3) is 11.1 Å². The Bertz CT molecular complexity index is 2530. The number of phenolic OH excluding ortho intramolecular Hbond substituents is 2. The van der Waals surface area contributed by atoms with Gasteiger partial charge in [0.1, 0.15) is 48.1 Å². The van der Waals surface area contributed by atoms with Crippen LogP contribution in [-0.2, 0) is 34.2 Å². The number of fused-ring (bicyclic) bond motifs is 7. The number of ether oxygens (including phenoxy) is 4. The summed E-state index contributed by atoms with van der Waals surface area (Å²) in [7, 11) is 3.49. The Labute approximate surface area is 351 Å². The molecule has 1 fully saturated rings. The monoisotopic (exact) mass is 805 g/mol. The summed E-state index contributed by atoms with van der Waals surface area (Å²) in [5, 5.41) is 25.5. The second kappa shape index (κ2) is 16.1. The quantitative estimate of drug-likeness (QED) is 0.0622. The summed E-state index contributed by atoms with van der Waals surface area (Å²) in [6.45, 7) is 2.44. The lowest BCUT2D eigenvalue weighted by molar-refractivity contribution is -0.141. The number of carbonyl (C=O) groups is 1. The summed E-state index contributed by atoms with van der Waals surface area (Å²) < 4.78 is 25.3. The van der Waals surface area contributed by atoms with Gasteiger partial charge in [0, 0.05) is 53.6 Å². The molecule has 1 spiro atoms. The van der Waals surface area contributed by atoms with Crippen molar-refractivity contribution < 1.29 is 34.0 Å². The Hall–Kier alpha value is -6.18. The molecule has 5 aromatic rings. The number of benzene rings is 4. The molecular weight excluding hydrogens is 755 g/mol. The Morgan fingerprint density at radius 1 is 1.00 bits per heavy atom. The van der Waals surface area contributed by atoms with Crippen LogP contribution in [0.5, 0.6) is 28.7 Å². The number of aryl methyl sites for hydroxylation is 1. The second-order valence-corrected chi connectivity index (χ2v) is 16.8. The number of nitrogens with two attached hydrogens (primary N) is 1. The van der Waals surface area contributed by atoms with Crippen LogP contribution in [0.1, 0.15) is 95.2 Å². The van der Waals surface area contributed by atoms with Crippen LogP contribution in [-0.4, -0.2) is 55.1 Å². The first-order valence-corrected chi connectivity index (χ1v) is 21.0. The Kier molecular flexibility index (Phi) is 10.6. The average Bonchev–Trinajstić information content (AvgIpc) is 3.82. The number of nitrogen functional groups attached to an aromatic ring is 1. The van der Waals surface area contributed by atoms with Gasteiger partial charge in [0.05, 0.1) is 13.0 Å². The van der Waals surface area contributed by atoms with E-state index in [1.54, 1.807) is 19.2 Å². The summed E-state index contributed by atoms with van der Waals surface area (Å²) >= 11 is 0. The summed E-state index contributed by atoms with van der Waals surface area (Å²) in [6.07, 6.45) is 4.85. The van der Waals surface area contributed by atoms with Crippen molar-refractivity contribution in [3.63, 3.8) is 0 Å². The number of nitrogens with one attached hydrogen (secondary N) is 1. The van der Waals surface area contributed by atoms with Crippen molar-refractivity contribution in [1.82, 2.24) is 10.3 Å². The smallest absolute Gasteiger partial charge is 0.302 e. The summed E-state index contributed by atoms with van der Waals surface area (Å²) in [6, 6.07) is 26.0. The lowest BCUT2D eigenvalue weighted by Crippen LogP contribution is -2.31. The fourth-order valence-corrected chi connectivity index (χ4v) is 10.5. The lowest BCUT2D eigenvalue weighted by atomic mass is 9.64. The van der Waals surface area contributed by atoms with Gasteiger partial charge < -0.3 is 40.2 Å². The molecule has 5 atom stereocenters. The molecule has 0 unspecified atom stereocenters. The molecular formula is C50H51N3O7. The highest BCUT2D eigenvalue weighted by Gasteiger charge is 2.52. The largest absolute Gasteiger partial charge is 0.508 e. The number of esters is 1. The van der Waals surface area contributed by atoms with Gasteiger partial charge in [-0.3, -0.25) is 4.79 Å². The van der Waals surface area contributed by atoms with E-state index in [1.807, 2.05) is 25.2 Å². The molecule has 4 aliphatic rings. The number of rotatable bonds is 10. The minimum atomic E-state index is -0.600. The minimum absolute atomic E-state index is 0.000888. The van der Waals surface area contributed by atoms with E-state index >= 15 is 0 Å². The van der Waals surface area contributed by atoms with Gasteiger partial charge in [-0.25, -0.2) is 4.98 Å². The molecule has 10 heteroatoms. The highest BCUT2D eigenvalue weighted by atomic mass is 16.5. The van der Waals surface area contributed by atoms with E-state index in [4.69, 9.17) is 29.7 Å². The first-order valence-electron chi connectivity index (χ1n) is 21.0. The van der Waals surface area contributed by atoms with E-state index in [-0.39, 0.29) is 53.7 Å². The number of anilines is 1. The molecule has 0 radical (unpaired) electrons. The van der Waals surface area contributed by atoms with Crippen LogP contribution in [0.4, 0.5) is 5.82 Å². The van der Waals surface area contributed by atoms with Gasteiger partial charge in [-0.1, -0.05) is 54.5 Å². The van der Waals surface area contributed by atoms with E-state index in [1.165, 1.54) is 12.5 Å². The third-order valence-corrected chi connectivity index (χ3v) is 13.2. The number of likely N-dealkylation sites (N-methyl/N-ethyl adjacent to an activating group) is 1. The molecule has 1 aromatic heterocycles. The summed E-state index contributed by atoms with van der Waals surface area (Å²) in [4.78, 5) is 17.3. The predicted molar refractivity (Wildman–Crippen MR) is 230 cm³/mol. The number of aromatic nitrogens is 1. The molecule has 10 nitrogen and oxygen atoms in total. The number of phenols is 2. The highest BCUT2D eigenvalue weighted by Crippen LogP contribution is 2.63. The molecule has 2 aliphatic heterocycles. The zero-order chi connectivity index (χ0) is 41.5. The Morgan fingerprint density at radius 3 is 2.63 bits per heavy atom. The maximum Gasteiger partial charge on any atom is 0.302 e. The lowest BCUT2D eigenvalue weighted by Gasteiger charge is -2.39. The number of hydrogen-bond donors (Lipinski definition) is 4. The van der Waals surface area contributed by atoms with Crippen molar-refractivity contribution in [3.8, 4) is 51.7 Å². The molecule has 1 saturated carbocycles. The predicted octanol–water partition coefficient (Wildman–Crippen LogP) is 8.05. The first-order chi connectivity index (χ1) is 29.2. The van der Waals surface area contributed by atoms with Gasteiger partial charge in [-0.05, 0) is 115 Å². The van der Waals surface area contributed by atoms with Gasteiger partial charge in [-0.15, -0.1) is 0 Å². The van der Waals surface area contributed by atoms with Crippen LogP contribution in [0.3, 0.4) is 0 Å². The molecule has 308 valence electrons. The van der Waals surface area contributed by atoms with Crippen molar-refractivity contribution in [3.05, 3.63) is 124 Å². The topological polar surface area (TPSA) is 145 Å². The van der Waals surface area contributed by atoms with Gasteiger partial charge in [0.15, 0.2) is 11.5 Å². The van der Waals surface area contributed by atoms with E-state index in [0.29, 0.717) is 42.6 Å². The summed E-state index contributed by atoms with van der Waals surface area (Å²) in [5.74, 6) is 8.79. The van der Waals surface area contributed by atoms with E-state index in [0.717, 1.165) is 82.4 Å². The van der Waals surface area contributed by atoms with Crippen LogP contribution >= 0.6 is 0 Å².